The van der Waals surface area contributed by atoms with E-state index in [1.54, 1.807) is 6.08 Å². The summed E-state index contributed by atoms with van der Waals surface area (Å²) in [5.74, 6) is -0.356. The largest absolute Gasteiger partial charge is 0.376 e. The molecule has 0 aliphatic carbocycles. The zero-order chi connectivity index (χ0) is 14.9. The molecule has 1 atom stereocenters. The van der Waals surface area contributed by atoms with Crippen molar-refractivity contribution in [3.63, 3.8) is 0 Å². The summed E-state index contributed by atoms with van der Waals surface area (Å²) in [6.45, 7) is 1.21. The van der Waals surface area contributed by atoms with Crippen molar-refractivity contribution in [2.45, 2.75) is 18.9 Å². The summed E-state index contributed by atoms with van der Waals surface area (Å²) in [6, 6.07) is 11.6. The summed E-state index contributed by atoms with van der Waals surface area (Å²) in [5, 5.41) is 11.8. The molecule has 1 fully saturated rings. The van der Waals surface area contributed by atoms with Gasteiger partial charge in [0, 0.05) is 13.2 Å². The average molecular weight is 282 g/mol. The molecule has 1 amide bonds. The molecule has 21 heavy (non-hydrogen) atoms. The van der Waals surface area contributed by atoms with Gasteiger partial charge in [0.05, 0.1) is 6.10 Å². The quantitative estimate of drug-likeness (QED) is 0.512. The second kappa shape index (κ2) is 8.03. The van der Waals surface area contributed by atoms with Gasteiger partial charge in [-0.25, -0.2) is 0 Å². The summed E-state index contributed by atoms with van der Waals surface area (Å²) >= 11 is 0. The van der Waals surface area contributed by atoms with Crippen LogP contribution in [0.25, 0.3) is 6.08 Å². The Bertz CT molecular complexity index is 564. The molecule has 1 aliphatic rings. The fourth-order valence-corrected chi connectivity index (χ4v) is 2.09. The van der Waals surface area contributed by atoms with Gasteiger partial charge in [0.15, 0.2) is 0 Å². The Balaban J connectivity index is 1.88. The second-order valence-corrected chi connectivity index (χ2v) is 4.81. The molecule has 0 bridgehead atoms. The third-order valence-electron chi connectivity index (χ3n) is 3.23. The molecule has 1 aliphatic heterocycles. The molecule has 1 N–H and O–H groups in total. The minimum Gasteiger partial charge on any atom is -0.376 e. The van der Waals surface area contributed by atoms with Crippen LogP contribution in [0.5, 0.6) is 0 Å². The second-order valence-electron chi connectivity index (χ2n) is 4.81. The van der Waals surface area contributed by atoms with Crippen molar-refractivity contribution in [3.8, 4) is 6.07 Å². The fraction of sp³-hybridized carbons (Fsp3) is 0.294. The minimum atomic E-state index is -0.356. The maximum absolute atomic E-state index is 11.9. The highest BCUT2D eigenvalue weighted by Gasteiger charge is 2.17. The van der Waals surface area contributed by atoms with Gasteiger partial charge < -0.3 is 10.1 Å². The van der Waals surface area contributed by atoms with E-state index in [0.717, 1.165) is 25.0 Å². The van der Waals surface area contributed by atoms with Gasteiger partial charge in [-0.2, -0.15) is 5.26 Å². The predicted molar refractivity (Wildman–Crippen MR) is 81.2 cm³/mol. The summed E-state index contributed by atoms with van der Waals surface area (Å²) in [4.78, 5) is 11.9. The lowest BCUT2D eigenvalue weighted by molar-refractivity contribution is -0.117. The van der Waals surface area contributed by atoms with E-state index in [2.05, 4.69) is 5.32 Å². The van der Waals surface area contributed by atoms with Gasteiger partial charge in [-0.05, 0) is 24.5 Å². The summed E-state index contributed by atoms with van der Waals surface area (Å²) in [7, 11) is 0. The number of ether oxygens (including phenoxy) is 1. The molecule has 4 heteroatoms. The van der Waals surface area contributed by atoms with E-state index in [4.69, 9.17) is 10.00 Å². The number of nitriles is 1. The van der Waals surface area contributed by atoms with E-state index >= 15 is 0 Å². The van der Waals surface area contributed by atoms with E-state index in [9.17, 15) is 4.79 Å². The van der Waals surface area contributed by atoms with Crippen LogP contribution >= 0.6 is 0 Å². The maximum Gasteiger partial charge on any atom is 0.262 e. The van der Waals surface area contributed by atoms with Gasteiger partial charge in [0.1, 0.15) is 11.6 Å². The molecule has 1 heterocycles. The zero-order valence-electron chi connectivity index (χ0n) is 11.8. The van der Waals surface area contributed by atoms with Gasteiger partial charge >= 0.3 is 0 Å². The van der Waals surface area contributed by atoms with Crippen molar-refractivity contribution >= 4 is 12.0 Å². The lowest BCUT2D eigenvalue weighted by Gasteiger charge is -2.09. The minimum absolute atomic E-state index is 0.0775. The van der Waals surface area contributed by atoms with Crippen LogP contribution in [-0.2, 0) is 9.53 Å². The van der Waals surface area contributed by atoms with Crippen LogP contribution in [0.4, 0.5) is 0 Å². The first kappa shape index (κ1) is 15.0. The van der Waals surface area contributed by atoms with E-state index in [0.29, 0.717) is 6.54 Å². The van der Waals surface area contributed by atoms with Crippen LogP contribution in [-0.4, -0.2) is 25.2 Å². The monoisotopic (exact) mass is 282 g/mol. The zero-order valence-corrected chi connectivity index (χ0v) is 11.8. The van der Waals surface area contributed by atoms with Gasteiger partial charge in [-0.15, -0.1) is 0 Å². The predicted octanol–water partition coefficient (Wildman–Crippen LogP) is 2.44. The topological polar surface area (TPSA) is 62.1 Å². The van der Waals surface area contributed by atoms with E-state index < -0.39 is 0 Å². The Labute approximate surface area is 124 Å². The van der Waals surface area contributed by atoms with E-state index in [-0.39, 0.29) is 17.6 Å². The maximum atomic E-state index is 11.9. The first-order valence-electron chi connectivity index (χ1n) is 7.03. The summed E-state index contributed by atoms with van der Waals surface area (Å²) in [6.07, 6.45) is 7.15. The van der Waals surface area contributed by atoms with Gasteiger partial charge in [-0.1, -0.05) is 42.5 Å². The Morgan fingerprint density at radius 3 is 2.90 bits per heavy atom. The van der Waals surface area contributed by atoms with Gasteiger partial charge in [0.2, 0.25) is 0 Å². The molecule has 1 aromatic carbocycles. The Morgan fingerprint density at radius 2 is 2.24 bits per heavy atom. The third-order valence-corrected chi connectivity index (χ3v) is 3.23. The molecule has 2 rings (SSSR count). The molecule has 0 radical (unpaired) electrons. The number of nitrogens with one attached hydrogen (secondary N) is 1. The van der Waals surface area contributed by atoms with Crippen LogP contribution in [0, 0.1) is 11.3 Å². The molecule has 0 spiro atoms. The first-order chi connectivity index (χ1) is 10.3. The molecule has 108 valence electrons. The number of hydrogen-bond acceptors (Lipinski definition) is 3. The van der Waals surface area contributed by atoms with Crippen LogP contribution in [0.15, 0.2) is 48.1 Å². The standard InChI is InChI=1S/C17H18N2O2/c18-12-15(9-4-8-14-6-2-1-3-7-14)17(20)19-13-16-10-5-11-21-16/h1-4,6-9,16H,5,10-11,13H2,(H,19,20)/b8-4+,15-9+/t16-/m0/s1. The van der Waals surface area contributed by atoms with Crippen LogP contribution in [0.1, 0.15) is 18.4 Å². The number of carbonyl (C=O) groups excluding carboxylic acids is 1. The number of benzene rings is 1. The molecule has 0 unspecified atom stereocenters. The molecule has 1 saturated heterocycles. The summed E-state index contributed by atoms with van der Waals surface area (Å²) < 4.78 is 5.42. The highest BCUT2D eigenvalue weighted by atomic mass is 16.5. The number of amides is 1. The lowest BCUT2D eigenvalue weighted by Crippen LogP contribution is -2.32. The van der Waals surface area contributed by atoms with Crippen molar-refractivity contribution in [2.75, 3.05) is 13.2 Å². The van der Waals surface area contributed by atoms with Crippen LogP contribution in [0.2, 0.25) is 0 Å². The number of rotatable bonds is 5. The SMILES string of the molecule is N#C/C(=C\C=C\c1ccccc1)C(=O)NC[C@@H]1CCCO1. The Morgan fingerprint density at radius 1 is 1.43 bits per heavy atom. The number of hydrogen-bond donors (Lipinski definition) is 1. The smallest absolute Gasteiger partial charge is 0.262 e. The van der Waals surface area contributed by atoms with Gasteiger partial charge in [-0.3, -0.25) is 4.79 Å². The normalized spacial score (nSPS) is 18.6. The fourth-order valence-electron chi connectivity index (χ4n) is 2.09. The lowest BCUT2D eigenvalue weighted by atomic mass is 10.2. The highest BCUT2D eigenvalue weighted by molar-refractivity contribution is 5.97. The molecular weight excluding hydrogens is 264 g/mol. The van der Waals surface area contributed by atoms with E-state index in [1.165, 1.54) is 6.08 Å². The highest BCUT2D eigenvalue weighted by Crippen LogP contribution is 2.10. The Hall–Kier alpha value is -2.38. The number of carbonyl (C=O) groups is 1. The van der Waals surface area contributed by atoms with Crippen molar-refractivity contribution in [1.82, 2.24) is 5.32 Å². The Kier molecular flexibility index (Phi) is 5.74. The average Bonchev–Trinajstić information content (AvgIpc) is 3.04. The van der Waals surface area contributed by atoms with Crippen molar-refractivity contribution in [3.05, 3.63) is 53.6 Å². The number of allylic oxidation sites excluding steroid dienone is 2. The third kappa shape index (κ3) is 4.90. The van der Waals surface area contributed by atoms with Crippen LogP contribution < -0.4 is 5.32 Å². The molecule has 0 aromatic heterocycles. The molecule has 0 saturated carbocycles. The molecule has 4 nitrogen and oxygen atoms in total. The van der Waals surface area contributed by atoms with Gasteiger partial charge in [0.25, 0.3) is 5.91 Å². The number of nitrogens with zero attached hydrogens (tertiary/aromatic N) is 1. The van der Waals surface area contributed by atoms with Crippen molar-refractivity contribution < 1.29 is 9.53 Å². The summed E-state index contributed by atoms with van der Waals surface area (Å²) in [5.41, 5.74) is 1.12. The van der Waals surface area contributed by atoms with E-state index in [1.807, 2.05) is 42.5 Å². The van der Waals surface area contributed by atoms with Crippen molar-refractivity contribution in [1.29, 1.82) is 5.26 Å². The van der Waals surface area contributed by atoms with Crippen molar-refractivity contribution in [2.24, 2.45) is 0 Å². The molecular formula is C17H18N2O2. The molecule has 1 aromatic rings. The van der Waals surface area contributed by atoms with Crippen LogP contribution in [0.3, 0.4) is 0 Å². The first-order valence-corrected chi connectivity index (χ1v) is 7.03.